The van der Waals surface area contributed by atoms with Gasteiger partial charge < -0.3 is 0 Å². The first-order valence-electron chi connectivity index (χ1n) is 8.37. The smallest absolute Gasteiger partial charge is 0.168 e. The predicted molar refractivity (Wildman–Crippen MR) is 86.4 cm³/mol. The van der Waals surface area contributed by atoms with E-state index in [4.69, 9.17) is 0 Å². The monoisotopic (exact) mass is 309 g/mol. The van der Waals surface area contributed by atoms with E-state index in [1.807, 2.05) is 0 Å². The van der Waals surface area contributed by atoms with Crippen LogP contribution in [0.1, 0.15) is 63.9 Å². The highest BCUT2D eigenvalue weighted by molar-refractivity contribution is 7.99. The second-order valence-corrected chi connectivity index (χ2v) is 7.84. The van der Waals surface area contributed by atoms with Crippen molar-refractivity contribution in [2.75, 3.05) is 24.6 Å². The summed E-state index contributed by atoms with van der Waals surface area (Å²) in [6.45, 7) is 6.91. The van der Waals surface area contributed by atoms with Crippen LogP contribution in [-0.4, -0.2) is 49.7 Å². The van der Waals surface area contributed by atoms with E-state index in [0.717, 1.165) is 18.9 Å². The molecule has 21 heavy (non-hydrogen) atoms. The van der Waals surface area contributed by atoms with Crippen molar-refractivity contribution >= 4 is 11.8 Å². The van der Waals surface area contributed by atoms with Crippen molar-refractivity contribution in [2.24, 2.45) is 5.92 Å². The van der Waals surface area contributed by atoms with Crippen LogP contribution >= 0.6 is 11.8 Å². The molecule has 0 bridgehead atoms. The summed E-state index contributed by atoms with van der Waals surface area (Å²) in [6.07, 6.45) is 6.47. The Kier molecular flexibility index (Phi) is 5.16. The first-order valence-corrected chi connectivity index (χ1v) is 9.52. The second kappa shape index (κ2) is 7.09. The zero-order valence-corrected chi connectivity index (χ0v) is 14.1. The number of nitrogens with zero attached hydrogens (tertiary/aromatic N) is 5. The zero-order valence-electron chi connectivity index (χ0n) is 13.2. The van der Waals surface area contributed by atoms with Crippen LogP contribution in [0.5, 0.6) is 0 Å². The van der Waals surface area contributed by atoms with E-state index in [1.165, 1.54) is 43.6 Å². The lowest BCUT2D eigenvalue weighted by Gasteiger charge is -2.36. The van der Waals surface area contributed by atoms with Crippen molar-refractivity contribution in [2.45, 2.75) is 58.0 Å². The van der Waals surface area contributed by atoms with Gasteiger partial charge in [-0.25, -0.2) is 4.68 Å². The molecule has 1 saturated carbocycles. The van der Waals surface area contributed by atoms with Gasteiger partial charge in [0.2, 0.25) is 0 Å². The number of rotatable bonds is 4. The molecule has 2 aliphatic rings. The van der Waals surface area contributed by atoms with Gasteiger partial charge in [0.1, 0.15) is 0 Å². The first-order chi connectivity index (χ1) is 10.3. The summed E-state index contributed by atoms with van der Waals surface area (Å²) >= 11 is 2.06. The Morgan fingerprint density at radius 1 is 1.10 bits per heavy atom. The third kappa shape index (κ3) is 3.42. The standard InChI is InChI=1S/C15H27N5S/c1-12(2)14(19-8-10-21-11-9-19)15-16-17-18-20(15)13-6-4-3-5-7-13/h12-14H,3-11H2,1-2H3. The zero-order chi connectivity index (χ0) is 14.7. The van der Waals surface area contributed by atoms with Crippen molar-refractivity contribution in [3.8, 4) is 0 Å². The van der Waals surface area contributed by atoms with Gasteiger partial charge in [-0.3, -0.25) is 4.90 Å². The highest BCUT2D eigenvalue weighted by Crippen LogP contribution is 2.33. The molecule has 1 aliphatic carbocycles. The summed E-state index contributed by atoms with van der Waals surface area (Å²) in [7, 11) is 0. The van der Waals surface area contributed by atoms with Crippen LogP contribution in [0.3, 0.4) is 0 Å². The minimum atomic E-state index is 0.364. The number of tetrazole rings is 1. The maximum atomic E-state index is 4.44. The van der Waals surface area contributed by atoms with E-state index in [0.29, 0.717) is 18.0 Å². The van der Waals surface area contributed by atoms with Gasteiger partial charge in [-0.15, -0.1) is 5.10 Å². The van der Waals surface area contributed by atoms with E-state index >= 15 is 0 Å². The van der Waals surface area contributed by atoms with Crippen LogP contribution in [-0.2, 0) is 0 Å². The average molecular weight is 309 g/mol. The third-order valence-corrected chi connectivity index (χ3v) is 5.72. The Balaban J connectivity index is 1.83. The van der Waals surface area contributed by atoms with E-state index in [1.54, 1.807) is 0 Å². The second-order valence-electron chi connectivity index (χ2n) is 6.61. The maximum absolute atomic E-state index is 4.44. The van der Waals surface area contributed by atoms with Gasteiger partial charge in [0.25, 0.3) is 0 Å². The summed E-state index contributed by atoms with van der Waals surface area (Å²) < 4.78 is 2.16. The van der Waals surface area contributed by atoms with Gasteiger partial charge in [0, 0.05) is 24.6 Å². The number of hydrogen-bond acceptors (Lipinski definition) is 5. The quantitative estimate of drug-likeness (QED) is 0.856. The molecule has 1 atom stereocenters. The minimum Gasteiger partial charge on any atom is -0.291 e. The molecule has 3 rings (SSSR count). The number of aromatic nitrogens is 4. The summed E-state index contributed by atoms with van der Waals surface area (Å²) in [4.78, 5) is 2.59. The molecular formula is C15H27N5S. The fourth-order valence-corrected chi connectivity index (χ4v) is 4.65. The molecule has 1 aliphatic heterocycles. The van der Waals surface area contributed by atoms with Gasteiger partial charge in [-0.05, 0) is 29.2 Å². The predicted octanol–water partition coefficient (Wildman–Crippen LogP) is 2.92. The van der Waals surface area contributed by atoms with Crippen LogP contribution in [0.2, 0.25) is 0 Å². The van der Waals surface area contributed by atoms with E-state index in [2.05, 4.69) is 50.7 Å². The molecule has 118 valence electrons. The Hall–Kier alpha value is -0.620. The third-order valence-electron chi connectivity index (χ3n) is 4.77. The number of hydrogen-bond donors (Lipinski definition) is 0. The van der Waals surface area contributed by atoms with Crippen molar-refractivity contribution in [1.82, 2.24) is 25.1 Å². The van der Waals surface area contributed by atoms with Crippen molar-refractivity contribution in [1.29, 1.82) is 0 Å². The lowest BCUT2D eigenvalue weighted by molar-refractivity contribution is 0.152. The van der Waals surface area contributed by atoms with Crippen LogP contribution in [0.25, 0.3) is 0 Å². The summed E-state index contributed by atoms with van der Waals surface area (Å²) in [6, 6.07) is 0.881. The van der Waals surface area contributed by atoms with Crippen LogP contribution < -0.4 is 0 Å². The van der Waals surface area contributed by atoms with Crippen molar-refractivity contribution in [3.63, 3.8) is 0 Å². The summed E-state index contributed by atoms with van der Waals surface area (Å²) in [5.41, 5.74) is 0. The minimum absolute atomic E-state index is 0.364. The Labute approximate surface area is 131 Å². The molecule has 0 amide bonds. The molecule has 2 fully saturated rings. The largest absolute Gasteiger partial charge is 0.291 e. The van der Waals surface area contributed by atoms with E-state index in [9.17, 15) is 0 Å². The van der Waals surface area contributed by atoms with Gasteiger partial charge >= 0.3 is 0 Å². The highest BCUT2D eigenvalue weighted by atomic mass is 32.2. The Bertz CT molecular complexity index is 435. The lowest BCUT2D eigenvalue weighted by atomic mass is 9.94. The van der Waals surface area contributed by atoms with Crippen molar-refractivity contribution < 1.29 is 0 Å². The highest BCUT2D eigenvalue weighted by Gasteiger charge is 2.32. The van der Waals surface area contributed by atoms with Crippen LogP contribution in [0.4, 0.5) is 0 Å². The number of thioether (sulfide) groups is 1. The molecule has 0 spiro atoms. The molecule has 2 heterocycles. The van der Waals surface area contributed by atoms with E-state index < -0.39 is 0 Å². The van der Waals surface area contributed by atoms with Crippen molar-refractivity contribution in [3.05, 3.63) is 5.82 Å². The van der Waals surface area contributed by atoms with Crippen LogP contribution in [0.15, 0.2) is 0 Å². The molecule has 1 saturated heterocycles. The molecule has 0 N–H and O–H groups in total. The molecule has 0 radical (unpaired) electrons. The topological polar surface area (TPSA) is 46.8 Å². The summed E-state index contributed by atoms with van der Waals surface area (Å²) in [5.74, 6) is 4.10. The van der Waals surface area contributed by atoms with Gasteiger partial charge in [-0.1, -0.05) is 33.1 Å². The van der Waals surface area contributed by atoms with Gasteiger partial charge in [-0.2, -0.15) is 11.8 Å². The molecule has 1 aromatic rings. The fraction of sp³-hybridized carbons (Fsp3) is 0.933. The molecule has 1 unspecified atom stereocenters. The average Bonchev–Trinajstić information content (AvgIpc) is 2.98. The summed E-state index contributed by atoms with van der Waals surface area (Å²) in [5, 5.41) is 12.8. The fourth-order valence-electron chi connectivity index (χ4n) is 3.72. The normalized spacial score (nSPS) is 23.6. The first kappa shape index (κ1) is 15.3. The van der Waals surface area contributed by atoms with E-state index in [-0.39, 0.29) is 0 Å². The SMILES string of the molecule is CC(C)C(c1nnnn1C1CCCCC1)N1CCSCC1. The molecule has 0 aromatic carbocycles. The molecule has 6 heteroatoms. The maximum Gasteiger partial charge on any atom is 0.168 e. The van der Waals surface area contributed by atoms with Gasteiger partial charge in [0.05, 0.1) is 12.1 Å². The Morgan fingerprint density at radius 2 is 1.81 bits per heavy atom. The molecular weight excluding hydrogens is 282 g/mol. The molecule has 5 nitrogen and oxygen atoms in total. The Morgan fingerprint density at radius 3 is 2.48 bits per heavy atom. The van der Waals surface area contributed by atoms with Gasteiger partial charge in [0.15, 0.2) is 5.82 Å². The molecule has 1 aromatic heterocycles. The van der Waals surface area contributed by atoms with Crippen LogP contribution in [0, 0.1) is 5.92 Å². The lowest BCUT2D eigenvalue weighted by Crippen LogP contribution is -2.40.